The van der Waals surface area contributed by atoms with Gasteiger partial charge in [-0.3, -0.25) is 9.59 Å². The molecule has 0 radical (unpaired) electrons. The summed E-state index contributed by atoms with van der Waals surface area (Å²) >= 11 is 12.0. The Bertz CT molecular complexity index is 1220. The summed E-state index contributed by atoms with van der Waals surface area (Å²) in [6.45, 7) is 0. The van der Waals surface area contributed by atoms with Crippen LogP contribution in [0.5, 0.6) is 0 Å². The van der Waals surface area contributed by atoms with Crippen LogP contribution in [0.2, 0.25) is 5.02 Å². The van der Waals surface area contributed by atoms with Crippen molar-refractivity contribution in [3.8, 4) is 0 Å². The van der Waals surface area contributed by atoms with Crippen LogP contribution in [0.4, 0.5) is 5.69 Å². The number of alkyl halides is 1. The third-order valence-electron chi connectivity index (χ3n) is 4.61. The quantitative estimate of drug-likeness (QED) is 0.304. The summed E-state index contributed by atoms with van der Waals surface area (Å²) in [7, 11) is 0. The summed E-state index contributed by atoms with van der Waals surface area (Å²) in [5.74, 6) is -0.234. The molecule has 0 saturated carbocycles. The minimum Gasteiger partial charge on any atom is -0.350 e. The van der Waals surface area contributed by atoms with Gasteiger partial charge >= 0.3 is 0 Å². The van der Waals surface area contributed by atoms with Crippen molar-refractivity contribution >= 4 is 51.5 Å². The Kier molecular flexibility index (Phi) is 5.38. The zero-order valence-corrected chi connectivity index (χ0v) is 16.7. The van der Waals surface area contributed by atoms with Crippen LogP contribution in [0.3, 0.4) is 0 Å². The zero-order chi connectivity index (χ0) is 20.4. The van der Waals surface area contributed by atoms with E-state index in [1.165, 1.54) is 0 Å². The first-order valence-electron chi connectivity index (χ1n) is 8.94. The molecule has 1 amide bonds. The SMILES string of the molecule is O=C(Nc1c(C(=O)c2ccccc2)[nH]c2cc(Cl)ccc12)c1cccc(CCl)c1. The Labute approximate surface area is 177 Å². The Morgan fingerprint density at radius 1 is 0.897 bits per heavy atom. The van der Waals surface area contributed by atoms with Crippen molar-refractivity contribution in [3.05, 3.63) is 100 Å². The fourth-order valence-corrected chi connectivity index (χ4v) is 3.52. The molecule has 0 aliphatic heterocycles. The minimum atomic E-state index is -0.324. The van der Waals surface area contributed by atoms with Crippen LogP contribution < -0.4 is 5.32 Å². The van der Waals surface area contributed by atoms with Gasteiger partial charge in [0.2, 0.25) is 5.78 Å². The highest BCUT2D eigenvalue weighted by atomic mass is 35.5. The molecule has 0 fully saturated rings. The van der Waals surface area contributed by atoms with Gasteiger partial charge in [0.05, 0.1) is 5.69 Å². The molecule has 2 N–H and O–H groups in total. The van der Waals surface area contributed by atoms with Crippen molar-refractivity contribution in [2.45, 2.75) is 5.88 Å². The average Bonchev–Trinajstić information content (AvgIpc) is 3.11. The second-order valence-corrected chi connectivity index (χ2v) is 7.25. The van der Waals surface area contributed by atoms with Gasteiger partial charge < -0.3 is 10.3 Å². The first-order chi connectivity index (χ1) is 14.1. The van der Waals surface area contributed by atoms with Crippen molar-refractivity contribution in [1.29, 1.82) is 0 Å². The second-order valence-electron chi connectivity index (χ2n) is 6.55. The number of aromatic nitrogens is 1. The molecule has 0 unspecified atom stereocenters. The molecule has 4 aromatic rings. The Morgan fingerprint density at radius 3 is 2.41 bits per heavy atom. The monoisotopic (exact) mass is 422 g/mol. The first-order valence-corrected chi connectivity index (χ1v) is 9.85. The van der Waals surface area contributed by atoms with Gasteiger partial charge in [-0.2, -0.15) is 0 Å². The molecule has 4 rings (SSSR count). The summed E-state index contributed by atoms with van der Waals surface area (Å²) < 4.78 is 0. The maximum absolute atomic E-state index is 13.1. The average molecular weight is 423 g/mol. The standard InChI is InChI=1S/C23H16Cl2N2O2/c24-13-14-5-4-8-16(11-14)23(29)27-20-18-10-9-17(25)12-19(18)26-21(20)22(28)15-6-2-1-3-7-15/h1-12,26H,13H2,(H,27,29). The number of ketones is 1. The molecule has 0 saturated heterocycles. The number of carbonyl (C=O) groups excluding carboxylic acids is 2. The Morgan fingerprint density at radius 2 is 1.66 bits per heavy atom. The van der Waals surface area contributed by atoms with Crippen LogP contribution >= 0.6 is 23.2 Å². The number of amides is 1. The van der Waals surface area contributed by atoms with Gasteiger partial charge in [0, 0.05) is 32.9 Å². The summed E-state index contributed by atoms with van der Waals surface area (Å²) in [5, 5.41) is 4.13. The highest BCUT2D eigenvalue weighted by Gasteiger charge is 2.21. The number of rotatable bonds is 5. The van der Waals surface area contributed by atoms with E-state index in [2.05, 4.69) is 10.3 Å². The number of nitrogens with one attached hydrogen (secondary N) is 2. The third-order valence-corrected chi connectivity index (χ3v) is 5.15. The molecule has 0 bridgehead atoms. The number of anilines is 1. The number of carbonyl (C=O) groups is 2. The van der Waals surface area contributed by atoms with Crippen molar-refractivity contribution in [3.63, 3.8) is 0 Å². The number of aromatic amines is 1. The summed E-state index contributed by atoms with van der Waals surface area (Å²) in [6.07, 6.45) is 0. The summed E-state index contributed by atoms with van der Waals surface area (Å²) in [4.78, 5) is 29.1. The molecule has 4 nitrogen and oxygen atoms in total. The maximum atomic E-state index is 13.1. The van der Waals surface area contributed by atoms with Gasteiger partial charge in [-0.15, -0.1) is 11.6 Å². The van der Waals surface area contributed by atoms with Crippen LogP contribution in [0.25, 0.3) is 10.9 Å². The van der Waals surface area contributed by atoms with Gasteiger partial charge in [-0.25, -0.2) is 0 Å². The lowest BCUT2D eigenvalue weighted by molar-refractivity contribution is 0.102. The van der Waals surface area contributed by atoms with E-state index in [0.717, 1.165) is 5.56 Å². The molecule has 0 atom stereocenters. The van der Waals surface area contributed by atoms with Crippen LogP contribution in [0, 0.1) is 0 Å². The van der Waals surface area contributed by atoms with Gasteiger partial charge in [-0.05, 0) is 35.9 Å². The van der Waals surface area contributed by atoms with Gasteiger partial charge in [0.1, 0.15) is 5.69 Å². The van der Waals surface area contributed by atoms with Crippen molar-refractivity contribution in [2.24, 2.45) is 0 Å². The second kappa shape index (κ2) is 8.11. The van der Waals surface area contributed by atoms with Crippen molar-refractivity contribution < 1.29 is 9.59 Å². The van der Waals surface area contributed by atoms with E-state index in [-0.39, 0.29) is 11.7 Å². The lowest BCUT2D eigenvalue weighted by Crippen LogP contribution is -2.15. The molecule has 144 valence electrons. The fourth-order valence-electron chi connectivity index (χ4n) is 3.19. The number of H-pyrrole nitrogens is 1. The Balaban J connectivity index is 1.79. The topological polar surface area (TPSA) is 62.0 Å². The highest BCUT2D eigenvalue weighted by molar-refractivity contribution is 6.31. The van der Waals surface area contributed by atoms with Crippen LogP contribution in [0.1, 0.15) is 32.0 Å². The molecule has 0 spiro atoms. The summed E-state index contributed by atoms with van der Waals surface area (Å²) in [5.41, 5.74) is 3.21. The normalized spacial score (nSPS) is 10.8. The van der Waals surface area contributed by atoms with Crippen molar-refractivity contribution in [2.75, 3.05) is 5.32 Å². The third kappa shape index (κ3) is 3.90. The molecular formula is C23H16Cl2N2O2. The van der Waals surface area contributed by atoms with E-state index in [9.17, 15) is 9.59 Å². The van der Waals surface area contributed by atoms with Crippen LogP contribution in [-0.2, 0) is 5.88 Å². The number of hydrogen-bond acceptors (Lipinski definition) is 2. The molecule has 3 aromatic carbocycles. The largest absolute Gasteiger partial charge is 0.350 e. The summed E-state index contributed by atoms with van der Waals surface area (Å²) in [6, 6.07) is 21.2. The lowest BCUT2D eigenvalue weighted by atomic mass is 10.1. The lowest BCUT2D eigenvalue weighted by Gasteiger charge is -2.08. The van der Waals surface area contributed by atoms with Gasteiger partial charge in [0.15, 0.2) is 0 Å². The zero-order valence-electron chi connectivity index (χ0n) is 15.2. The van der Waals surface area contributed by atoms with E-state index in [1.54, 1.807) is 60.7 Å². The minimum absolute atomic E-state index is 0.220. The van der Waals surface area contributed by atoms with Crippen molar-refractivity contribution in [1.82, 2.24) is 4.98 Å². The number of halogens is 2. The molecule has 29 heavy (non-hydrogen) atoms. The molecule has 0 aliphatic rings. The van der Waals surface area contributed by atoms with E-state index in [1.807, 2.05) is 12.1 Å². The molecule has 1 aromatic heterocycles. The first kappa shape index (κ1) is 19.2. The van der Waals surface area contributed by atoms with Gasteiger partial charge in [0.25, 0.3) is 5.91 Å². The smallest absolute Gasteiger partial charge is 0.255 e. The predicted octanol–water partition coefficient (Wildman–Crippen LogP) is 6.04. The molecule has 0 aliphatic carbocycles. The fraction of sp³-hybridized carbons (Fsp3) is 0.0435. The number of fused-ring (bicyclic) bond motifs is 1. The molecule has 6 heteroatoms. The van der Waals surface area contributed by atoms with E-state index in [0.29, 0.717) is 44.3 Å². The molecular weight excluding hydrogens is 407 g/mol. The van der Waals surface area contributed by atoms with Gasteiger partial charge in [-0.1, -0.05) is 54.1 Å². The number of hydrogen-bond donors (Lipinski definition) is 2. The van der Waals surface area contributed by atoms with E-state index < -0.39 is 0 Å². The van der Waals surface area contributed by atoms with E-state index in [4.69, 9.17) is 23.2 Å². The maximum Gasteiger partial charge on any atom is 0.255 e. The highest BCUT2D eigenvalue weighted by Crippen LogP contribution is 2.31. The predicted molar refractivity (Wildman–Crippen MR) is 117 cm³/mol. The Hall–Kier alpha value is -3.08. The van der Waals surface area contributed by atoms with Crippen LogP contribution in [0.15, 0.2) is 72.8 Å². The van der Waals surface area contributed by atoms with Crippen LogP contribution in [-0.4, -0.2) is 16.7 Å². The number of benzene rings is 3. The molecule has 1 heterocycles. The van der Waals surface area contributed by atoms with E-state index >= 15 is 0 Å².